The summed E-state index contributed by atoms with van der Waals surface area (Å²) in [5, 5.41) is 6.26. The number of hydrogen-bond donors (Lipinski definition) is 2. The van der Waals surface area contributed by atoms with Crippen molar-refractivity contribution in [1.82, 2.24) is 10.2 Å². The van der Waals surface area contributed by atoms with Crippen LogP contribution in [0.1, 0.15) is 22.3 Å². The average Bonchev–Trinajstić information content (AvgIpc) is 2.49. The fourth-order valence-corrected chi connectivity index (χ4v) is 2.38. The van der Waals surface area contributed by atoms with Gasteiger partial charge in [-0.3, -0.25) is 4.79 Å². The third-order valence-corrected chi connectivity index (χ3v) is 3.53. The third kappa shape index (κ3) is 4.72. The van der Waals surface area contributed by atoms with Crippen LogP contribution >= 0.6 is 0 Å². The molecule has 0 fully saturated rings. The lowest BCUT2D eigenvalue weighted by molar-refractivity contribution is 0.0901. The van der Waals surface area contributed by atoms with Crippen molar-refractivity contribution in [1.29, 1.82) is 0 Å². The first-order valence-electron chi connectivity index (χ1n) is 7.55. The van der Waals surface area contributed by atoms with E-state index in [9.17, 15) is 4.79 Å². The molecule has 0 saturated carbocycles. The second-order valence-corrected chi connectivity index (χ2v) is 5.54. The van der Waals surface area contributed by atoms with Crippen molar-refractivity contribution < 1.29 is 9.53 Å². The number of carbonyl (C=O) groups excluding carboxylic acids is 1. The van der Waals surface area contributed by atoms with Crippen LogP contribution in [0.4, 0.5) is 5.69 Å². The molecule has 1 aliphatic rings. The minimum atomic E-state index is -0.0301. The summed E-state index contributed by atoms with van der Waals surface area (Å²) in [6.07, 6.45) is 2.16. The molecule has 5 nitrogen and oxygen atoms in total. The number of nitrogens with zero attached hydrogens (tertiary/aromatic N) is 1. The highest BCUT2D eigenvalue weighted by Crippen LogP contribution is 2.25. The van der Waals surface area contributed by atoms with E-state index in [0.29, 0.717) is 19.8 Å². The maximum absolute atomic E-state index is 12.2. The van der Waals surface area contributed by atoms with E-state index in [1.54, 1.807) is 0 Å². The van der Waals surface area contributed by atoms with Gasteiger partial charge in [-0.05, 0) is 38.6 Å². The SMILES string of the molecule is CN(C)CCOCCNC(=O)c1cccc2c1NCCC2. The normalized spacial score (nSPS) is 13.7. The zero-order valence-corrected chi connectivity index (χ0v) is 12.9. The number of likely N-dealkylation sites (N-methyl/N-ethyl adjacent to an activating group) is 1. The summed E-state index contributed by atoms with van der Waals surface area (Å²) in [6, 6.07) is 5.91. The quantitative estimate of drug-likeness (QED) is 0.745. The van der Waals surface area contributed by atoms with Crippen LogP contribution in [0, 0.1) is 0 Å². The highest BCUT2D eigenvalue weighted by molar-refractivity contribution is 6.00. The number of nitrogens with one attached hydrogen (secondary N) is 2. The summed E-state index contributed by atoms with van der Waals surface area (Å²) < 4.78 is 5.47. The molecule has 0 aliphatic carbocycles. The minimum absolute atomic E-state index is 0.0301. The van der Waals surface area contributed by atoms with Gasteiger partial charge in [-0.15, -0.1) is 0 Å². The van der Waals surface area contributed by atoms with Crippen molar-refractivity contribution in [2.45, 2.75) is 12.8 Å². The third-order valence-electron chi connectivity index (χ3n) is 3.53. The van der Waals surface area contributed by atoms with Gasteiger partial charge in [0.05, 0.1) is 24.5 Å². The van der Waals surface area contributed by atoms with Gasteiger partial charge in [0.1, 0.15) is 0 Å². The fraction of sp³-hybridized carbons (Fsp3) is 0.562. The van der Waals surface area contributed by atoms with E-state index in [4.69, 9.17) is 4.74 Å². The first-order valence-corrected chi connectivity index (χ1v) is 7.55. The smallest absolute Gasteiger partial charge is 0.253 e. The minimum Gasteiger partial charge on any atom is -0.384 e. The van der Waals surface area contributed by atoms with Crippen molar-refractivity contribution in [2.75, 3.05) is 52.3 Å². The van der Waals surface area contributed by atoms with Gasteiger partial charge in [0.25, 0.3) is 5.91 Å². The Morgan fingerprint density at radius 1 is 1.38 bits per heavy atom. The lowest BCUT2D eigenvalue weighted by Gasteiger charge is -2.20. The number of rotatable bonds is 7. The Morgan fingerprint density at radius 2 is 2.24 bits per heavy atom. The van der Waals surface area contributed by atoms with E-state index in [1.165, 1.54) is 5.56 Å². The Hall–Kier alpha value is -1.59. The number of anilines is 1. The number of hydrogen-bond acceptors (Lipinski definition) is 4. The van der Waals surface area contributed by atoms with Crippen molar-refractivity contribution >= 4 is 11.6 Å². The number of ether oxygens (including phenoxy) is 1. The molecule has 1 heterocycles. The molecule has 0 atom stereocenters. The van der Waals surface area contributed by atoms with Crippen LogP contribution in [0.25, 0.3) is 0 Å². The molecular weight excluding hydrogens is 266 g/mol. The standard InChI is InChI=1S/C16H25N3O2/c1-19(2)10-12-21-11-9-18-16(20)14-7-3-5-13-6-4-8-17-15(13)14/h3,5,7,17H,4,6,8-12H2,1-2H3,(H,18,20). The van der Waals surface area contributed by atoms with E-state index in [2.05, 4.69) is 21.6 Å². The van der Waals surface area contributed by atoms with Gasteiger partial charge in [-0.1, -0.05) is 12.1 Å². The van der Waals surface area contributed by atoms with Crippen LogP contribution in [0.5, 0.6) is 0 Å². The predicted octanol–water partition coefficient (Wildman–Crippen LogP) is 1.35. The molecule has 1 amide bonds. The molecule has 0 radical (unpaired) electrons. The van der Waals surface area contributed by atoms with E-state index in [-0.39, 0.29) is 5.91 Å². The topological polar surface area (TPSA) is 53.6 Å². The van der Waals surface area contributed by atoms with Crippen LogP contribution in [0.2, 0.25) is 0 Å². The molecule has 1 aliphatic heterocycles. The molecule has 1 aromatic rings. The lowest BCUT2D eigenvalue weighted by Crippen LogP contribution is -2.29. The predicted molar refractivity (Wildman–Crippen MR) is 85.0 cm³/mol. The van der Waals surface area contributed by atoms with E-state index in [1.807, 2.05) is 26.2 Å². The molecular formula is C16H25N3O2. The molecule has 2 rings (SSSR count). The zero-order chi connectivity index (χ0) is 15.1. The summed E-state index contributed by atoms with van der Waals surface area (Å²) in [7, 11) is 4.02. The Bertz CT molecular complexity index is 475. The maximum atomic E-state index is 12.2. The summed E-state index contributed by atoms with van der Waals surface area (Å²) >= 11 is 0. The number of para-hydroxylation sites is 1. The monoisotopic (exact) mass is 291 g/mol. The van der Waals surface area contributed by atoms with Crippen LogP contribution in [-0.2, 0) is 11.2 Å². The van der Waals surface area contributed by atoms with Crippen LogP contribution in [0.15, 0.2) is 18.2 Å². The van der Waals surface area contributed by atoms with Gasteiger partial charge < -0.3 is 20.3 Å². The number of fused-ring (bicyclic) bond motifs is 1. The molecule has 5 heteroatoms. The molecule has 1 aromatic carbocycles. The second-order valence-electron chi connectivity index (χ2n) is 5.54. The van der Waals surface area contributed by atoms with Crippen molar-refractivity contribution in [2.24, 2.45) is 0 Å². The molecule has 0 bridgehead atoms. The number of amides is 1. The molecule has 0 unspecified atom stereocenters. The molecule has 2 N–H and O–H groups in total. The molecule has 0 spiro atoms. The van der Waals surface area contributed by atoms with E-state index >= 15 is 0 Å². The van der Waals surface area contributed by atoms with Crippen LogP contribution < -0.4 is 10.6 Å². The van der Waals surface area contributed by atoms with Crippen molar-refractivity contribution in [3.05, 3.63) is 29.3 Å². The van der Waals surface area contributed by atoms with E-state index < -0.39 is 0 Å². The first kappa shape index (κ1) is 15.8. The zero-order valence-electron chi connectivity index (χ0n) is 12.9. The summed E-state index contributed by atoms with van der Waals surface area (Å²) in [6.45, 7) is 3.60. The molecule has 21 heavy (non-hydrogen) atoms. The van der Waals surface area contributed by atoms with Crippen molar-refractivity contribution in [3.8, 4) is 0 Å². The lowest BCUT2D eigenvalue weighted by atomic mass is 9.99. The first-order chi connectivity index (χ1) is 10.2. The van der Waals surface area contributed by atoms with Gasteiger partial charge in [0, 0.05) is 19.6 Å². The molecule has 0 saturated heterocycles. The molecule has 0 aromatic heterocycles. The highest BCUT2D eigenvalue weighted by atomic mass is 16.5. The van der Waals surface area contributed by atoms with Crippen LogP contribution in [0.3, 0.4) is 0 Å². The summed E-state index contributed by atoms with van der Waals surface area (Å²) in [5.74, 6) is -0.0301. The van der Waals surface area contributed by atoms with Gasteiger partial charge in [0.15, 0.2) is 0 Å². The number of carbonyl (C=O) groups is 1. The Balaban J connectivity index is 1.79. The van der Waals surface area contributed by atoms with E-state index in [0.717, 1.165) is 37.2 Å². The average molecular weight is 291 g/mol. The summed E-state index contributed by atoms with van der Waals surface area (Å²) in [4.78, 5) is 14.3. The largest absolute Gasteiger partial charge is 0.384 e. The Kier molecular flexibility index (Phi) is 6.02. The second kappa shape index (κ2) is 8.00. The highest BCUT2D eigenvalue weighted by Gasteiger charge is 2.16. The van der Waals surface area contributed by atoms with Crippen molar-refractivity contribution in [3.63, 3.8) is 0 Å². The van der Waals surface area contributed by atoms with Crippen LogP contribution in [-0.4, -0.2) is 57.8 Å². The Morgan fingerprint density at radius 3 is 3.05 bits per heavy atom. The number of benzene rings is 1. The molecule has 116 valence electrons. The van der Waals surface area contributed by atoms with Gasteiger partial charge in [-0.25, -0.2) is 0 Å². The van der Waals surface area contributed by atoms with Gasteiger partial charge in [0.2, 0.25) is 0 Å². The van der Waals surface area contributed by atoms with Gasteiger partial charge in [-0.2, -0.15) is 0 Å². The van der Waals surface area contributed by atoms with Gasteiger partial charge >= 0.3 is 0 Å². The number of aryl methyl sites for hydroxylation is 1. The summed E-state index contributed by atoms with van der Waals surface area (Å²) in [5.41, 5.74) is 2.96. The fourth-order valence-electron chi connectivity index (χ4n) is 2.38. The maximum Gasteiger partial charge on any atom is 0.253 e. The Labute approximate surface area is 126 Å².